The van der Waals surface area contributed by atoms with Gasteiger partial charge in [0.25, 0.3) is 0 Å². The quantitative estimate of drug-likeness (QED) is 0.588. The number of hydrogen-bond donors (Lipinski definition) is 3. The zero-order chi connectivity index (χ0) is 15.9. The van der Waals surface area contributed by atoms with Gasteiger partial charge in [-0.25, -0.2) is 10.2 Å². The van der Waals surface area contributed by atoms with Crippen molar-refractivity contribution in [3.05, 3.63) is 34.9 Å². The van der Waals surface area contributed by atoms with E-state index in [-0.39, 0.29) is 0 Å². The van der Waals surface area contributed by atoms with Gasteiger partial charge in [0, 0.05) is 11.6 Å². The molecule has 0 saturated carbocycles. The average molecular weight is 330 g/mol. The van der Waals surface area contributed by atoms with Crippen LogP contribution in [0.15, 0.2) is 24.3 Å². The third kappa shape index (κ3) is 8.37. The number of halogens is 1. The van der Waals surface area contributed by atoms with Crippen LogP contribution < -0.4 is 16.2 Å². The lowest BCUT2D eigenvalue weighted by Crippen LogP contribution is -2.48. The van der Waals surface area contributed by atoms with Crippen LogP contribution in [0, 0.1) is 0 Å². The maximum atomic E-state index is 11.4. The minimum Gasteiger partial charge on any atom is -0.443 e. The summed E-state index contributed by atoms with van der Waals surface area (Å²) >= 11 is 10.9. The molecule has 21 heavy (non-hydrogen) atoms. The van der Waals surface area contributed by atoms with Crippen molar-refractivity contribution in [1.29, 1.82) is 0 Å². The van der Waals surface area contributed by atoms with Gasteiger partial charge in [0.2, 0.25) is 0 Å². The number of thiocarbonyl (C=S) groups is 1. The molecule has 7 heteroatoms. The molecular weight excluding hydrogens is 310 g/mol. The van der Waals surface area contributed by atoms with Crippen molar-refractivity contribution in [2.24, 2.45) is 0 Å². The van der Waals surface area contributed by atoms with Crippen molar-refractivity contribution in [2.45, 2.75) is 32.8 Å². The third-order valence-corrected chi connectivity index (χ3v) is 2.79. The van der Waals surface area contributed by atoms with Gasteiger partial charge in [-0.1, -0.05) is 23.7 Å². The highest BCUT2D eigenvalue weighted by Gasteiger charge is 2.15. The van der Waals surface area contributed by atoms with E-state index in [1.165, 1.54) is 0 Å². The van der Waals surface area contributed by atoms with E-state index in [2.05, 4.69) is 16.2 Å². The highest BCUT2D eigenvalue weighted by molar-refractivity contribution is 7.80. The maximum absolute atomic E-state index is 11.4. The van der Waals surface area contributed by atoms with E-state index in [0.29, 0.717) is 16.7 Å². The molecule has 0 atom stereocenters. The summed E-state index contributed by atoms with van der Waals surface area (Å²) in [6, 6.07) is 7.61. The van der Waals surface area contributed by atoms with Crippen LogP contribution in [0.2, 0.25) is 5.02 Å². The molecule has 1 rings (SSSR count). The predicted octanol–water partition coefficient (Wildman–Crippen LogP) is 2.79. The first-order valence-electron chi connectivity index (χ1n) is 6.53. The highest BCUT2D eigenvalue weighted by Crippen LogP contribution is 2.09. The lowest BCUT2D eigenvalue weighted by Gasteiger charge is -2.20. The van der Waals surface area contributed by atoms with Gasteiger partial charge in [0.1, 0.15) is 5.60 Å². The van der Waals surface area contributed by atoms with E-state index in [1.807, 2.05) is 24.3 Å². The molecule has 0 aliphatic carbocycles. The Bertz CT molecular complexity index is 486. The molecule has 0 fully saturated rings. The van der Waals surface area contributed by atoms with E-state index in [0.717, 1.165) is 12.0 Å². The first-order valence-corrected chi connectivity index (χ1v) is 7.32. The number of rotatable bonds is 3. The molecular formula is C14H20ClN3O2S. The van der Waals surface area contributed by atoms with Gasteiger partial charge in [-0.2, -0.15) is 0 Å². The molecule has 0 aromatic heterocycles. The van der Waals surface area contributed by atoms with Crippen molar-refractivity contribution in [3.8, 4) is 0 Å². The number of amides is 1. The Morgan fingerprint density at radius 2 is 1.86 bits per heavy atom. The van der Waals surface area contributed by atoms with Crippen molar-refractivity contribution < 1.29 is 9.53 Å². The van der Waals surface area contributed by atoms with Gasteiger partial charge in [0.15, 0.2) is 5.11 Å². The largest absolute Gasteiger partial charge is 0.443 e. The Hall–Kier alpha value is -1.53. The van der Waals surface area contributed by atoms with Crippen molar-refractivity contribution in [2.75, 3.05) is 6.54 Å². The van der Waals surface area contributed by atoms with Crippen LogP contribution in [0.4, 0.5) is 4.79 Å². The molecule has 1 amide bonds. The monoisotopic (exact) mass is 329 g/mol. The Morgan fingerprint density at radius 3 is 2.43 bits per heavy atom. The lowest BCUT2D eigenvalue weighted by molar-refractivity contribution is 0.0513. The molecule has 3 N–H and O–H groups in total. The number of carbonyl (C=O) groups excluding carboxylic acids is 1. The Kier molecular flexibility index (Phi) is 6.71. The summed E-state index contributed by atoms with van der Waals surface area (Å²) < 4.78 is 5.06. The van der Waals surface area contributed by atoms with Crippen molar-refractivity contribution in [1.82, 2.24) is 16.2 Å². The van der Waals surface area contributed by atoms with Crippen LogP contribution in [0.3, 0.4) is 0 Å². The van der Waals surface area contributed by atoms with Gasteiger partial charge < -0.3 is 10.1 Å². The maximum Gasteiger partial charge on any atom is 0.426 e. The second-order valence-corrected chi connectivity index (χ2v) is 6.23. The number of hydrogen-bond acceptors (Lipinski definition) is 3. The highest BCUT2D eigenvalue weighted by atomic mass is 35.5. The second kappa shape index (κ2) is 8.05. The molecule has 0 bridgehead atoms. The molecule has 0 aliphatic heterocycles. The number of carbonyl (C=O) groups is 1. The summed E-state index contributed by atoms with van der Waals surface area (Å²) in [5.74, 6) is 0. The average Bonchev–Trinajstić information content (AvgIpc) is 2.37. The van der Waals surface area contributed by atoms with E-state index >= 15 is 0 Å². The van der Waals surface area contributed by atoms with Crippen LogP contribution in [0.25, 0.3) is 0 Å². The minimum absolute atomic E-state index is 0.329. The number of ether oxygens (including phenoxy) is 1. The van der Waals surface area contributed by atoms with Gasteiger partial charge in [0.05, 0.1) is 0 Å². The van der Waals surface area contributed by atoms with Crippen molar-refractivity contribution in [3.63, 3.8) is 0 Å². The summed E-state index contributed by atoms with van der Waals surface area (Å²) in [6.07, 6.45) is 0.218. The zero-order valence-corrected chi connectivity index (χ0v) is 13.9. The summed E-state index contributed by atoms with van der Waals surface area (Å²) in [5.41, 5.74) is 5.54. The van der Waals surface area contributed by atoms with Crippen LogP contribution in [-0.4, -0.2) is 23.4 Å². The van der Waals surface area contributed by atoms with Crippen molar-refractivity contribution >= 4 is 35.0 Å². The van der Waals surface area contributed by atoms with E-state index in [9.17, 15) is 4.79 Å². The molecule has 1 aromatic carbocycles. The van der Waals surface area contributed by atoms with Gasteiger partial charge in [-0.15, -0.1) is 0 Å². The van der Waals surface area contributed by atoms with Crippen LogP contribution in [0.5, 0.6) is 0 Å². The number of nitrogens with one attached hydrogen (secondary N) is 3. The van der Waals surface area contributed by atoms with Crippen LogP contribution in [0.1, 0.15) is 26.3 Å². The normalized spacial score (nSPS) is 10.7. The Labute approximate surface area is 135 Å². The summed E-state index contributed by atoms with van der Waals surface area (Å²) in [6.45, 7) is 6.00. The molecule has 0 spiro atoms. The Morgan fingerprint density at radius 1 is 1.24 bits per heavy atom. The van der Waals surface area contributed by atoms with Gasteiger partial charge in [-0.3, -0.25) is 5.43 Å². The SMILES string of the molecule is CC(C)(C)OC(=O)NNC(=S)NCCc1ccc(Cl)cc1. The zero-order valence-electron chi connectivity index (χ0n) is 12.3. The standard InChI is InChI=1S/C14H20ClN3O2S/c1-14(2,3)20-13(19)18-17-12(21)16-9-8-10-4-6-11(15)7-5-10/h4-7H,8-9H2,1-3H3,(H,18,19)(H2,16,17,21). The smallest absolute Gasteiger partial charge is 0.426 e. The first-order chi connectivity index (χ1) is 9.76. The molecule has 1 aromatic rings. The van der Waals surface area contributed by atoms with Gasteiger partial charge in [-0.05, 0) is 57.1 Å². The fraction of sp³-hybridized carbons (Fsp3) is 0.429. The predicted molar refractivity (Wildman–Crippen MR) is 88.3 cm³/mol. The first kappa shape index (κ1) is 17.5. The fourth-order valence-electron chi connectivity index (χ4n) is 1.43. The van der Waals surface area contributed by atoms with E-state index in [4.69, 9.17) is 28.6 Å². The van der Waals surface area contributed by atoms with Crippen LogP contribution in [-0.2, 0) is 11.2 Å². The molecule has 116 valence electrons. The minimum atomic E-state index is -0.579. The summed E-state index contributed by atoms with van der Waals surface area (Å²) in [7, 11) is 0. The van der Waals surface area contributed by atoms with E-state index < -0.39 is 11.7 Å². The molecule has 0 aliphatic rings. The summed E-state index contributed by atoms with van der Waals surface area (Å²) in [5, 5.41) is 4.02. The second-order valence-electron chi connectivity index (χ2n) is 5.38. The van der Waals surface area contributed by atoms with Crippen LogP contribution >= 0.6 is 23.8 Å². The molecule has 0 heterocycles. The molecule has 5 nitrogen and oxygen atoms in total. The lowest BCUT2D eigenvalue weighted by atomic mass is 10.1. The van der Waals surface area contributed by atoms with Gasteiger partial charge >= 0.3 is 6.09 Å². The Balaban J connectivity index is 2.19. The third-order valence-electron chi connectivity index (χ3n) is 2.29. The van der Waals surface area contributed by atoms with E-state index in [1.54, 1.807) is 20.8 Å². The fourth-order valence-corrected chi connectivity index (χ4v) is 1.71. The number of benzene rings is 1. The molecule has 0 radical (unpaired) electrons. The summed E-state index contributed by atoms with van der Waals surface area (Å²) in [4.78, 5) is 11.4. The molecule has 0 saturated heterocycles. The molecule has 0 unspecified atom stereocenters. The number of hydrazine groups is 1. The topological polar surface area (TPSA) is 62.4 Å².